The van der Waals surface area contributed by atoms with Crippen molar-refractivity contribution in [1.82, 2.24) is 4.90 Å². The van der Waals surface area contributed by atoms with Crippen molar-refractivity contribution in [3.05, 3.63) is 0 Å². The number of carbonyl (C=O) groups is 1. The first-order valence-electron chi connectivity index (χ1n) is 7.21. The van der Waals surface area contributed by atoms with Crippen LogP contribution in [0.3, 0.4) is 0 Å². The SMILES string of the molecule is O=C(O)CCN(CC1CCCCCC1)C1CC1. The molecule has 0 unspecified atom stereocenters. The van der Waals surface area contributed by atoms with Crippen LogP contribution in [0.2, 0.25) is 0 Å². The van der Waals surface area contributed by atoms with Gasteiger partial charge in [0.2, 0.25) is 0 Å². The fourth-order valence-electron chi connectivity index (χ4n) is 2.98. The average Bonchev–Trinajstić information content (AvgIpc) is 3.11. The quantitative estimate of drug-likeness (QED) is 0.725. The molecule has 0 aromatic heterocycles. The molecule has 0 aliphatic heterocycles. The van der Waals surface area contributed by atoms with Gasteiger partial charge in [0, 0.05) is 19.1 Å². The monoisotopic (exact) mass is 239 g/mol. The Balaban J connectivity index is 1.77. The van der Waals surface area contributed by atoms with E-state index in [9.17, 15) is 4.79 Å². The van der Waals surface area contributed by atoms with E-state index in [0.717, 1.165) is 19.0 Å². The summed E-state index contributed by atoms with van der Waals surface area (Å²) >= 11 is 0. The van der Waals surface area contributed by atoms with Crippen molar-refractivity contribution >= 4 is 5.97 Å². The zero-order valence-corrected chi connectivity index (χ0v) is 10.7. The number of nitrogens with zero attached hydrogens (tertiary/aromatic N) is 1. The summed E-state index contributed by atoms with van der Waals surface area (Å²) in [5.41, 5.74) is 0. The molecule has 2 saturated carbocycles. The van der Waals surface area contributed by atoms with Crippen LogP contribution in [0.1, 0.15) is 57.8 Å². The van der Waals surface area contributed by atoms with E-state index >= 15 is 0 Å². The molecule has 3 nitrogen and oxygen atoms in total. The Labute approximate surface area is 104 Å². The first kappa shape index (κ1) is 12.9. The summed E-state index contributed by atoms with van der Waals surface area (Å²) in [6.45, 7) is 1.91. The summed E-state index contributed by atoms with van der Waals surface area (Å²) in [7, 11) is 0. The van der Waals surface area contributed by atoms with E-state index in [0.29, 0.717) is 12.5 Å². The molecule has 2 aliphatic carbocycles. The number of hydrogen-bond acceptors (Lipinski definition) is 2. The fourth-order valence-corrected chi connectivity index (χ4v) is 2.98. The average molecular weight is 239 g/mol. The van der Waals surface area contributed by atoms with Gasteiger partial charge in [-0.05, 0) is 31.6 Å². The van der Waals surface area contributed by atoms with Crippen LogP contribution in [0, 0.1) is 5.92 Å². The zero-order chi connectivity index (χ0) is 12.1. The minimum Gasteiger partial charge on any atom is -0.481 e. The lowest BCUT2D eigenvalue weighted by Crippen LogP contribution is -2.33. The summed E-state index contributed by atoms with van der Waals surface area (Å²) in [5, 5.41) is 8.79. The largest absolute Gasteiger partial charge is 0.481 e. The van der Waals surface area contributed by atoms with Crippen LogP contribution >= 0.6 is 0 Å². The lowest BCUT2D eigenvalue weighted by atomic mass is 9.99. The van der Waals surface area contributed by atoms with Gasteiger partial charge in [-0.25, -0.2) is 0 Å². The Morgan fingerprint density at radius 2 is 1.71 bits per heavy atom. The summed E-state index contributed by atoms with van der Waals surface area (Å²) < 4.78 is 0. The van der Waals surface area contributed by atoms with Gasteiger partial charge in [0.15, 0.2) is 0 Å². The van der Waals surface area contributed by atoms with E-state index in [-0.39, 0.29) is 0 Å². The Hall–Kier alpha value is -0.570. The molecule has 1 N–H and O–H groups in total. The molecular formula is C14H25NO2. The zero-order valence-electron chi connectivity index (χ0n) is 10.7. The number of rotatable bonds is 6. The summed E-state index contributed by atoms with van der Waals surface area (Å²) in [4.78, 5) is 13.1. The highest BCUT2D eigenvalue weighted by molar-refractivity contribution is 5.66. The van der Waals surface area contributed by atoms with E-state index in [4.69, 9.17) is 5.11 Å². The summed E-state index contributed by atoms with van der Waals surface area (Å²) in [5.74, 6) is 0.170. The van der Waals surface area contributed by atoms with Gasteiger partial charge < -0.3 is 5.11 Å². The topological polar surface area (TPSA) is 40.5 Å². The van der Waals surface area contributed by atoms with Gasteiger partial charge in [0.05, 0.1) is 6.42 Å². The number of aliphatic carboxylic acids is 1. The van der Waals surface area contributed by atoms with Gasteiger partial charge in [-0.2, -0.15) is 0 Å². The van der Waals surface area contributed by atoms with E-state index in [1.807, 2.05) is 0 Å². The second-order valence-electron chi connectivity index (χ2n) is 5.73. The maximum absolute atomic E-state index is 10.7. The van der Waals surface area contributed by atoms with Crippen molar-refractivity contribution in [2.75, 3.05) is 13.1 Å². The fraction of sp³-hybridized carbons (Fsp3) is 0.929. The predicted molar refractivity (Wildman–Crippen MR) is 68.0 cm³/mol. The molecule has 2 aliphatic rings. The Morgan fingerprint density at radius 1 is 1.06 bits per heavy atom. The van der Waals surface area contributed by atoms with Gasteiger partial charge in [-0.1, -0.05) is 25.7 Å². The summed E-state index contributed by atoms with van der Waals surface area (Å²) in [6.07, 6.45) is 11.1. The smallest absolute Gasteiger partial charge is 0.304 e. The molecule has 0 atom stereocenters. The minimum atomic E-state index is -0.656. The van der Waals surface area contributed by atoms with Gasteiger partial charge >= 0.3 is 5.97 Å². The second-order valence-corrected chi connectivity index (χ2v) is 5.73. The van der Waals surface area contributed by atoms with Crippen molar-refractivity contribution < 1.29 is 9.90 Å². The second kappa shape index (κ2) is 6.39. The third-order valence-corrected chi connectivity index (χ3v) is 4.14. The van der Waals surface area contributed by atoms with E-state index in [2.05, 4.69) is 4.90 Å². The maximum atomic E-state index is 10.7. The third-order valence-electron chi connectivity index (χ3n) is 4.14. The first-order chi connectivity index (χ1) is 8.25. The highest BCUT2D eigenvalue weighted by atomic mass is 16.4. The molecule has 0 aromatic carbocycles. The van der Waals surface area contributed by atoms with Crippen molar-refractivity contribution in [1.29, 1.82) is 0 Å². The molecule has 0 radical (unpaired) electrons. The van der Waals surface area contributed by atoms with Crippen LogP contribution in [-0.2, 0) is 4.79 Å². The number of carboxylic acids is 1. The summed E-state index contributed by atoms with van der Waals surface area (Å²) in [6, 6.07) is 0.706. The molecule has 2 rings (SSSR count). The van der Waals surface area contributed by atoms with Gasteiger partial charge in [0.1, 0.15) is 0 Å². The van der Waals surface area contributed by atoms with Crippen LogP contribution in [0.25, 0.3) is 0 Å². The van der Waals surface area contributed by atoms with Crippen molar-refractivity contribution in [3.63, 3.8) is 0 Å². The molecule has 0 spiro atoms. The predicted octanol–water partition coefficient (Wildman–Crippen LogP) is 2.90. The van der Waals surface area contributed by atoms with Gasteiger partial charge in [-0.15, -0.1) is 0 Å². The molecular weight excluding hydrogens is 214 g/mol. The molecule has 0 aromatic rings. The lowest BCUT2D eigenvalue weighted by Gasteiger charge is -2.26. The van der Waals surface area contributed by atoms with Gasteiger partial charge in [0.25, 0.3) is 0 Å². The van der Waals surface area contributed by atoms with Crippen LogP contribution in [-0.4, -0.2) is 35.1 Å². The van der Waals surface area contributed by atoms with Gasteiger partial charge in [-0.3, -0.25) is 9.69 Å². The third kappa shape index (κ3) is 4.66. The van der Waals surface area contributed by atoms with Crippen LogP contribution < -0.4 is 0 Å². The molecule has 0 saturated heterocycles. The normalized spacial score (nSPS) is 22.6. The lowest BCUT2D eigenvalue weighted by molar-refractivity contribution is -0.137. The number of hydrogen-bond donors (Lipinski definition) is 1. The first-order valence-corrected chi connectivity index (χ1v) is 7.21. The van der Waals surface area contributed by atoms with Crippen molar-refractivity contribution in [2.45, 2.75) is 63.8 Å². The maximum Gasteiger partial charge on any atom is 0.304 e. The standard InChI is InChI=1S/C14H25NO2/c16-14(17)9-10-15(13-7-8-13)11-12-5-3-1-2-4-6-12/h12-13H,1-11H2,(H,16,17). The van der Waals surface area contributed by atoms with E-state index in [1.54, 1.807) is 0 Å². The highest BCUT2D eigenvalue weighted by Gasteiger charge is 2.30. The van der Waals surface area contributed by atoms with Crippen LogP contribution in [0.4, 0.5) is 0 Å². The molecule has 0 amide bonds. The molecule has 98 valence electrons. The Kier molecular flexibility index (Phi) is 4.84. The molecule has 3 heteroatoms. The number of carboxylic acid groups (broad SMARTS) is 1. The Bertz CT molecular complexity index is 243. The van der Waals surface area contributed by atoms with E-state index in [1.165, 1.54) is 51.4 Å². The Morgan fingerprint density at radius 3 is 2.24 bits per heavy atom. The van der Waals surface area contributed by atoms with Crippen LogP contribution in [0.5, 0.6) is 0 Å². The molecule has 0 bridgehead atoms. The van der Waals surface area contributed by atoms with Crippen LogP contribution in [0.15, 0.2) is 0 Å². The minimum absolute atomic E-state index is 0.309. The van der Waals surface area contributed by atoms with E-state index < -0.39 is 5.97 Å². The molecule has 0 heterocycles. The molecule has 2 fully saturated rings. The van der Waals surface area contributed by atoms with Crippen molar-refractivity contribution in [2.24, 2.45) is 5.92 Å². The van der Waals surface area contributed by atoms with Crippen molar-refractivity contribution in [3.8, 4) is 0 Å². The highest BCUT2D eigenvalue weighted by Crippen LogP contribution is 2.30. The molecule has 17 heavy (non-hydrogen) atoms.